The molecule has 0 aromatic rings. The number of carbonyl (C=O) groups is 1. The van der Waals surface area contributed by atoms with Gasteiger partial charge in [0.2, 0.25) is 0 Å². The molecular formula is C20H32O3. The summed E-state index contributed by atoms with van der Waals surface area (Å²) in [6, 6.07) is 0. The van der Waals surface area contributed by atoms with Crippen LogP contribution in [0, 0.1) is 39.9 Å². The molecule has 0 saturated heterocycles. The van der Waals surface area contributed by atoms with Gasteiger partial charge in [0.1, 0.15) is 0 Å². The predicted molar refractivity (Wildman–Crippen MR) is 88.9 cm³/mol. The molecule has 23 heavy (non-hydrogen) atoms. The van der Waals surface area contributed by atoms with E-state index in [0.29, 0.717) is 17.8 Å². The average molecular weight is 320 g/mol. The van der Waals surface area contributed by atoms with Gasteiger partial charge in [-0.05, 0) is 81.0 Å². The van der Waals surface area contributed by atoms with Gasteiger partial charge in [0.25, 0.3) is 0 Å². The summed E-state index contributed by atoms with van der Waals surface area (Å²) in [5.74, 6) is 1.31. The predicted octanol–water partition coefficient (Wildman–Crippen LogP) is 4.09. The maximum absolute atomic E-state index is 12.1. The maximum Gasteiger partial charge on any atom is 0.309 e. The van der Waals surface area contributed by atoms with E-state index in [9.17, 15) is 15.0 Å². The van der Waals surface area contributed by atoms with Gasteiger partial charge in [0.05, 0.1) is 11.5 Å². The first-order chi connectivity index (χ1) is 10.8. The molecule has 0 aromatic heterocycles. The Balaban J connectivity index is 1.76. The van der Waals surface area contributed by atoms with Crippen LogP contribution in [0.5, 0.6) is 0 Å². The highest BCUT2D eigenvalue weighted by Crippen LogP contribution is 2.72. The quantitative estimate of drug-likeness (QED) is 0.765. The van der Waals surface area contributed by atoms with Crippen LogP contribution in [0.25, 0.3) is 0 Å². The Bertz CT molecular complexity index is 531. The monoisotopic (exact) mass is 320 g/mol. The van der Waals surface area contributed by atoms with Crippen molar-refractivity contribution in [2.75, 3.05) is 0 Å². The zero-order valence-corrected chi connectivity index (χ0v) is 14.8. The van der Waals surface area contributed by atoms with Crippen molar-refractivity contribution in [2.24, 2.45) is 39.9 Å². The first kappa shape index (κ1) is 15.9. The lowest BCUT2D eigenvalue weighted by molar-refractivity contribution is -0.191. The molecule has 4 fully saturated rings. The fourth-order valence-corrected chi connectivity index (χ4v) is 8.02. The van der Waals surface area contributed by atoms with Crippen molar-refractivity contribution in [1.82, 2.24) is 0 Å². The number of carboxylic acids is 1. The lowest BCUT2D eigenvalue weighted by Crippen LogP contribution is -2.60. The molecule has 0 aromatic carbocycles. The first-order valence-corrected chi connectivity index (χ1v) is 9.67. The van der Waals surface area contributed by atoms with Crippen LogP contribution >= 0.6 is 0 Å². The molecule has 130 valence electrons. The van der Waals surface area contributed by atoms with Crippen LogP contribution < -0.4 is 0 Å². The highest BCUT2D eigenvalue weighted by molar-refractivity contribution is 5.75. The number of fused-ring (bicyclic) bond motifs is 3. The van der Waals surface area contributed by atoms with Gasteiger partial charge in [-0.2, -0.15) is 0 Å². The molecule has 4 aliphatic carbocycles. The van der Waals surface area contributed by atoms with Crippen LogP contribution in [0.4, 0.5) is 0 Å². The van der Waals surface area contributed by atoms with Crippen molar-refractivity contribution in [2.45, 2.75) is 78.2 Å². The second-order valence-corrected chi connectivity index (χ2v) is 9.80. The van der Waals surface area contributed by atoms with Crippen molar-refractivity contribution in [3.8, 4) is 0 Å². The molecule has 0 radical (unpaired) electrons. The first-order valence-electron chi connectivity index (χ1n) is 9.67. The topological polar surface area (TPSA) is 57.5 Å². The van der Waals surface area contributed by atoms with Gasteiger partial charge in [-0.25, -0.2) is 0 Å². The summed E-state index contributed by atoms with van der Waals surface area (Å²) in [6.45, 7) is 6.61. The van der Waals surface area contributed by atoms with Gasteiger partial charge < -0.3 is 10.2 Å². The number of aliphatic hydroxyl groups excluding tert-OH is 1. The van der Waals surface area contributed by atoms with E-state index in [0.717, 1.165) is 32.1 Å². The van der Waals surface area contributed by atoms with E-state index in [1.54, 1.807) is 0 Å². The summed E-state index contributed by atoms with van der Waals surface area (Å²) in [5.41, 5.74) is -0.384. The number of carboxylic acid groups (broad SMARTS) is 1. The molecule has 3 nitrogen and oxygen atoms in total. The Hall–Kier alpha value is -0.570. The van der Waals surface area contributed by atoms with Crippen LogP contribution in [0.3, 0.4) is 0 Å². The van der Waals surface area contributed by atoms with Gasteiger partial charge in [-0.15, -0.1) is 0 Å². The lowest BCUT2D eigenvalue weighted by atomic mass is 9.40. The summed E-state index contributed by atoms with van der Waals surface area (Å²) in [4.78, 5) is 12.1. The number of aliphatic carboxylic acids is 1. The lowest BCUT2D eigenvalue weighted by Gasteiger charge is -2.64. The van der Waals surface area contributed by atoms with Crippen molar-refractivity contribution >= 4 is 5.97 Å². The molecular weight excluding hydrogens is 288 g/mol. The second kappa shape index (κ2) is 4.74. The van der Waals surface area contributed by atoms with Crippen LogP contribution in [-0.4, -0.2) is 22.3 Å². The summed E-state index contributed by atoms with van der Waals surface area (Å²) in [6.07, 6.45) is 8.49. The highest BCUT2D eigenvalue weighted by atomic mass is 16.4. The summed E-state index contributed by atoms with van der Waals surface area (Å²) in [7, 11) is 0. The molecule has 2 bridgehead atoms. The molecule has 1 spiro atoms. The minimum atomic E-state index is -0.599. The molecule has 8 atom stereocenters. The van der Waals surface area contributed by atoms with E-state index in [1.807, 2.05) is 6.92 Å². The zero-order chi connectivity index (χ0) is 16.6. The molecule has 4 aliphatic rings. The molecule has 0 amide bonds. The largest absolute Gasteiger partial charge is 0.481 e. The Labute approximate surface area is 139 Å². The zero-order valence-electron chi connectivity index (χ0n) is 14.8. The third-order valence-electron chi connectivity index (χ3n) is 9.15. The summed E-state index contributed by atoms with van der Waals surface area (Å²) in [5, 5.41) is 21.0. The minimum Gasteiger partial charge on any atom is -0.481 e. The molecule has 0 aliphatic heterocycles. The van der Waals surface area contributed by atoms with Gasteiger partial charge >= 0.3 is 5.97 Å². The Morgan fingerprint density at radius 1 is 1.04 bits per heavy atom. The van der Waals surface area contributed by atoms with Crippen molar-refractivity contribution in [1.29, 1.82) is 0 Å². The maximum atomic E-state index is 12.1. The van der Waals surface area contributed by atoms with Gasteiger partial charge in [-0.3, -0.25) is 4.79 Å². The molecule has 4 rings (SSSR count). The van der Waals surface area contributed by atoms with E-state index >= 15 is 0 Å². The molecule has 8 unspecified atom stereocenters. The third kappa shape index (κ3) is 1.78. The number of rotatable bonds is 1. The minimum absolute atomic E-state index is 0.0876. The normalized spacial score (nSPS) is 58.3. The van der Waals surface area contributed by atoms with Crippen molar-refractivity contribution in [3.63, 3.8) is 0 Å². The highest BCUT2D eigenvalue weighted by Gasteiger charge is 2.68. The van der Waals surface area contributed by atoms with Crippen molar-refractivity contribution in [3.05, 3.63) is 0 Å². The van der Waals surface area contributed by atoms with E-state index < -0.39 is 11.4 Å². The van der Waals surface area contributed by atoms with E-state index in [1.165, 1.54) is 19.3 Å². The fraction of sp³-hybridized carbons (Fsp3) is 0.950. The fourth-order valence-electron chi connectivity index (χ4n) is 8.02. The summed E-state index contributed by atoms with van der Waals surface area (Å²) < 4.78 is 0. The molecule has 0 heterocycles. The second-order valence-electron chi connectivity index (χ2n) is 9.80. The number of hydrogen-bond acceptors (Lipinski definition) is 2. The molecule has 3 heteroatoms. The summed E-state index contributed by atoms with van der Waals surface area (Å²) >= 11 is 0. The van der Waals surface area contributed by atoms with E-state index in [-0.39, 0.29) is 22.9 Å². The van der Waals surface area contributed by atoms with Gasteiger partial charge in [0, 0.05) is 5.41 Å². The Morgan fingerprint density at radius 3 is 2.48 bits per heavy atom. The van der Waals surface area contributed by atoms with Crippen molar-refractivity contribution < 1.29 is 15.0 Å². The SMILES string of the molecule is CC1C2CCC3C4(C)CCCC(C)(C(=O)O)C4CCC3(C2)C1O. The Kier molecular flexibility index (Phi) is 3.28. The number of aliphatic hydroxyl groups is 1. The van der Waals surface area contributed by atoms with Crippen LogP contribution in [0.2, 0.25) is 0 Å². The Morgan fingerprint density at radius 2 is 1.78 bits per heavy atom. The third-order valence-corrected chi connectivity index (χ3v) is 9.15. The van der Waals surface area contributed by atoms with Gasteiger partial charge in [0.15, 0.2) is 0 Å². The standard InChI is InChI=1S/C20H32O3/c1-12-13-5-6-15-18(2)8-4-9-19(3,17(22)23)14(18)7-10-20(15,11-13)16(12)21/h12-16,21H,4-11H2,1-3H3,(H,22,23). The van der Waals surface area contributed by atoms with E-state index in [4.69, 9.17) is 0 Å². The van der Waals surface area contributed by atoms with Gasteiger partial charge in [-0.1, -0.05) is 20.3 Å². The number of hydrogen-bond donors (Lipinski definition) is 2. The van der Waals surface area contributed by atoms with Crippen LogP contribution in [-0.2, 0) is 4.79 Å². The van der Waals surface area contributed by atoms with Crippen LogP contribution in [0.15, 0.2) is 0 Å². The van der Waals surface area contributed by atoms with E-state index in [2.05, 4.69) is 13.8 Å². The molecule has 4 saturated carbocycles. The average Bonchev–Trinajstić information content (AvgIpc) is 2.68. The smallest absolute Gasteiger partial charge is 0.309 e. The molecule has 2 N–H and O–H groups in total. The van der Waals surface area contributed by atoms with Crippen LogP contribution in [0.1, 0.15) is 72.1 Å².